The molecule has 0 spiro atoms. The lowest BCUT2D eigenvalue weighted by molar-refractivity contribution is -0.143. The normalized spacial score (nSPS) is 12.2. The molecule has 0 fully saturated rings. The minimum absolute atomic E-state index is 0.160. The highest BCUT2D eigenvalue weighted by atomic mass is 35.5. The van der Waals surface area contributed by atoms with Gasteiger partial charge in [-0.15, -0.1) is 0 Å². The smallest absolute Gasteiger partial charge is 0.261 e. The van der Waals surface area contributed by atoms with Crippen molar-refractivity contribution in [3.05, 3.63) is 64.7 Å². The van der Waals surface area contributed by atoms with Crippen molar-refractivity contribution in [1.29, 1.82) is 0 Å². The second-order valence-electron chi connectivity index (χ2n) is 8.42. The lowest BCUT2D eigenvalue weighted by Crippen LogP contribution is -2.54. The molecule has 0 aliphatic carbocycles. The van der Waals surface area contributed by atoms with Gasteiger partial charge in [-0.05, 0) is 63.9 Å². The average Bonchev–Trinajstić information content (AvgIpc) is 2.66. The van der Waals surface area contributed by atoms with Gasteiger partial charge in [0.2, 0.25) is 5.91 Å². The maximum atomic E-state index is 13.1. The maximum Gasteiger partial charge on any atom is 0.261 e. The molecule has 30 heavy (non-hydrogen) atoms. The van der Waals surface area contributed by atoms with Crippen LogP contribution in [0.25, 0.3) is 0 Å². The molecule has 2 aromatic rings. The largest absolute Gasteiger partial charge is 0.484 e. The van der Waals surface area contributed by atoms with E-state index in [1.54, 1.807) is 29.2 Å². The molecule has 0 saturated heterocycles. The summed E-state index contributed by atoms with van der Waals surface area (Å²) in [5.74, 6) is 0.135. The molecule has 0 saturated carbocycles. The van der Waals surface area contributed by atoms with Crippen LogP contribution in [0.1, 0.15) is 45.2 Å². The summed E-state index contributed by atoms with van der Waals surface area (Å²) < 4.78 is 5.66. The van der Waals surface area contributed by atoms with Crippen molar-refractivity contribution in [1.82, 2.24) is 10.2 Å². The highest BCUT2D eigenvalue weighted by molar-refractivity contribution is 6.30. The Labute approximate surface area is 184 Å². The summed E-state index contributed by atoms with van der Waals surface area (Å²) in [6.07, 6.45) is 0.500. The van der Waals surface area contributed by atoms with Crippen molar-refractivity contribution < 1.29 is 14.3 Å². The fourth-order valence-electron chi connectivity index (χ4n) is 3.14. The van der Waals surface area contributed by atoms with Crippen molar-refractivity contribution in [3.8, 4) is 5.75 Å². The van der Waals surface area contributed by atoms with Gasteiger partial charge in [0, 0.05) is 17.1 Å². The summed E-state index contributed by atoms with van der Waals surface area (Å²) in [7, 11) is 0. The lowest BCUT2D eigenvalue weighted by Gasteiger charge is -2.33. The van der Waals surface area contributed by atoms with Crippen LogP contribution in [0.2, 0.25) is 5.02 Å². The van der Waals surface area contributed by atoms with Crippen LogP contribution in [0.5, 0.6) is 5.75 Å². The molecule has 2 amide bonds. The van der Waals surface area contributed by atoms with E-state index in [2.05, 4.69) is 5.32 Å². The van der Waals surface area contributed by atoms with Gasteiger partial charge in [-0.2, -0.15) is 0 Å². The van der Waals surface area contributed by atoms with Gasteiger partial charge in [-0.25, -0.2) is 0 Å². The topological polar surface area (TPSA) is 58.6 Å². The summed E-state index contributed by atoms with van der Waals surface area (Å²) in [4.78, 5) is 27.7. The third-order valence-electron chi connectivity index (χ3n) is 4.50. The number of hydrogen-bond donors (Lipinski definition) is 1. The van der Waals surface area contributed by atoms with E-state index in [4.69, 9.17) is 16.3 Å². The number of amides is 2. The van der Waals surface area contributed by atoms with E-state index in [0.29, 0.717) is 23.7 Å². The molecular formula is C24H31ClN2O3. The molecule has 0 unspecified atom stereocenters. The minimum atomic E-state index is -0.592. The van der Waals surface area contributed by atoms with Gasteiger partial charge < -0.3 is 15.0 Å². The van der Waals surface area contributed by atoms with Crippen molar-refractivity contribution in [2.75, 3.05) is 6.61 Å². The van der Waals surface area contributed by atoms with E-state index in [1.165, 1.54) is 0 Å². The summed E-state index contributed by atoms with van der Waals surface area (Å²) in [6, 6.07) is 14.2. The highest BCUT2D eigenvalue weighted by Gasteiger charge is 2.30. The van der Waals surface area contributed by atoms with Gasteiger partial charge in [-0.1, -0.05) is 48.4 Å². The molecule has 0 aromatic heterocycles. The number of aryl methyl sites for hydroxylation is 1. The quantitative estimate of drug-likeness (QED) is 0.657. The second kappa shape index (κ2) is 10.5. The number of hydrogen-bond acceptors (Lipinski definition) is 3. The third-order valence-corrected chi connectivity index (χ3v) is 4.75. The first-order valence-electron chi connectivity index (χ1n) is 10.1. The SMILES string of the molecule is CC[C@H](C(=O)NC(C)(C)C)N(Cc1cccc(C)c1)C(=O)COc1ccc(Cl)cc1. The highest BCUT2D eigenvalue weighted by Crippen LogP contribution is 2.18. The third kappa shape index (κ3) is 7.38. The predicted octanol–water partition coefficient (Wildman–Crippen LogP) is 4.75. The first-order valence-corrected chi connectivity index (χ1v) is 10.5. The van der Waals surface area contributed by atoms with Crippen LogP contribution in [-0.4, -0.2) is 34.9 Å². The van der Waals surface area contributed by atoms with Crippen LogP contribution in [0, 0.1) is 6.92 Å². The number of rotatable bonds is 8. The minimum Gasteiger partial charge on any atom is -0.484 e. The number of nitrogens with zero attached hydrogens (tertiary/aromatic N) is 1. The summed E-state index contributed by atoms with van der Waals surface area (Å²) in [5, 5.41) is 3.59. The molecule has 0 heterocycles. The molecule has 162 valence electrons. The molecule has 0 aliphatic heterocycles. The van der Waals surface area contributed by atoms with Crippen molar-refractivity contribution >= 4 is 23.4 Å². The zero-order valence-electron chi connectivity index (χ0n) is 18.4. The molecule has 1 N–H and O–H groups in total. The Morgan fingerprint density at radius 3 is 2.37 bits per heavy atom. The van der Waals surface area contributed by atoms with Crippen LogP contribution in [0.15, 0.2) is 48.5 Å². The Balaban J connectivity index is 2.22. The monoisotopic (exact) mass is 430 g/mol. The van der Waals surface area contributed by atoms with Gasteiger partial charge in [0.1, 0.15) is 11.8 Å². The molecule has 5 nitrogen and oxygen atoms in total. The van der Waals surface area contributed by atoms with Gasteiger partial charge in [0.15, 0.2) is 6.61 Å². The first kappa shape index (κ1) is 23.7. The van der Waals surface area contributed by atoms with E-state index in [1.807, 2.05) is 58.9 Å². The van der Waals surface area contributed by atoms with E-state index < -0.39 is 6.04 Å². The predicted molar refractivity (Wildman–Crippen MR) is 121 cm³/mol. The lowest BCUT2D eigenvalue weighted by atomic mass is 10.1. The Hall–Kier alpha value is -2.53. The number of halogens is 1. The van der Waals surface area contributed by atoms with E-state index in [-0.39, 0.29) is 24.0 Å². The van der Waals surface area contributed by atoms with E-state index in [0.717, 1.165) is 11.1 Å². The molecule has 2 rings (SSSR count). The van der Waals surface area contributed by atoms with Gasteiger partial charge in [0.25, 0.3) is 5.91 Å². The van der Waals surface area contributed by atoms with Gasteiger partial charge >= 0.3 is 0 Å². The van der Waals surface area contributed by atoms with E-state index in [9.17, 15) is 9.59 Å². The maximum absolute atomic E-state index is 13.1. The Bertz CT molecular complexity index is 859. The van der Waals surface area contributed by atoms with Crippen molar-refractivity contribution in [3.63, 3.8) is 0 Å². The summed E-state index contributed by atoms with van der Waals surface area (Å²) in [6.45, 7) is 9.86. The van der Waals surface area contributed by atoms with Crippen LogP contribution >= 0.6 is 11.6 Å². The molecule has 0 bridgehead atoms. The number of benzene rings is 2. The Kier molecular flexibility index (Phi) is 8.30. The van der Waals surface area contributed by atoms with Gasteiger partial charge in [-0.3, -0.25) is 9.59 Å². The Morgan fingerprint density at radius 1 is 1.13 bits per heavy atom. The molecule has 0 radical (unpaired) electrons. The van der Waals surface area contributed by atoms with Crippen molar-refractivity contribution in [2.45, 2.75) is 59.2 Å². The second-order valence-corrected chi connectivity index (χ2v) is 8.85. The summed E-state index contributed by atoms with van der Waals surface area (Å²) >= 11 is 5.90. The molecule has 0 aliphatic rings. The molecule has 6 heteroatoms. The molecular weight excluding hydrogens is 400 g/mol. The zero-order valence-corrected chi connectivity index (χ0v) is 19.1. The number of nitrogens with one attached hydrogen (secondary N) is 1. The van der Waals surface area contributed by atoms with Crippen LogP contribution in [0.4, 0.5) is 0 Å². The fraction of sp³-hybridized carbons (Fsp3) is 0.417. The van der Waals surface area contributed by atoms with Crippen LogP contribution < -0.4 is 10.1 Å². The van der Waals surface area contributed by atoms with Crippen LogP contribution in [-0.2, 0) is 16.1 Å². The van der Waals surface area contributed by atoms with Crippen molar-refractivity contribution in [2.24, 2.45) is 0 Å². The molecule has 1 atom stereocenters. The number of carbonyl (C=O) groups excluding carboxylic acids is 2. The standard InChI is InChI=1S/C24H31ClN2O3/c1-6-21(23(29)26-24(3,4)5)27(15-18-9-7-8-17(2)14-18)22(28)16-30-20-12-10-19(25)11-13-20/h7-14,21H,6,15-16H2,1-5H3,(H,26,29)/t21-/m1/s1. The van der Waals surface area contributed by atoms with E-state index >= 15 is 0 Å². The number of ether oxygens (including phenoxy) is 1. The fourth-order valence-corrected chi connectivity index (χ4v) is 3.26. The summed E-state index contributed by atoms with van der Waals surface area (Å²) in [5.41, 5.74) is 1.68. The number of carbonyl (C=O) groups is 2. The zero-order chi connectivity index (χ0) is 22.3. The van der Waals surface area contributed by atoms with Gasteiger partial charge in [0.05, 0.1) is 0 Å². The Morgan fingerprint density at radius 2 is 1.80 bits per heavy atom. The van der Waals surface area contributed by atoms with Crippen LogP contribution in [0.3, 0.4) is 0 Å². The first-order chi connectivity index (χ1) is 14.1. The average molecular weight is 431 g/mol. The molecule has 2 aromatic carbocycles.